The molecular formula is C4AuKN4. The van der Waals surface area contributed by atoms with Gasteiger partial charge in [-0.3, -0.25) is 0 Å². The third-order valence-electron chi connectivity index (χ3n) is 0.405. The first-order valence-electron chi connectivity index (χ1n) is 1.50. The molecule has 10 heavy (non-hydrogen) atoms. The first-order valence-corrected chi connectivity index (χ1v) is 5.83. The summed E-state index contributed by atoms with van der Waals surface area (Å²) in [4.78, 5) is 0. The van der Waals surface area contributed by atoms with E-state index < -0.39 is 17.1 Å². The van der Waals surface area contributed by atoms with Gasteiger partial charge in [-0.15, -0.1) is 0 Å². The van der Waals surface area contributed by atoms with Crippen molar-refractivity contribution < 1.29 is 17.1 Å². The van der Waals surface area contributed by atoms with Gasteiger partial charge in [-0.05, 0) is 0 Å². The maximum absolute atomic E-state index is 8.14. The Balaban J connectivity index is 0. The molecule has 1 radical (unpaired) electrons. The van der Waals surface area contributed by atoms with Crippen molar-refractivity contribution >= 4 is 51.4 Å². The second kappa shape index (κ2) is 6.07. The fourth-order valence-electron chi connectivity index (χ4n) is 0.0905. The third kappa shape index (κ3) is 2.95. The zero-order chi connectivity index (χ0) is 7.33. The Morgan fingerprint density at radius 3 is 0.900 bits per heavy atom. The van der Waals surface area contributed by atoms with Crippen LogP contribution in [0.4, 0.5) is 0 Å². The summed E-state index contributed by atoms with van der Waals surface area (Å²) in [5, 5.41) is 32.5. The smallest absolute Gasteiger partial charge is 0 e. The maximum atomic E-state index is 8.14. The van der Waals surface area contributed by atoms with Crippen LogP contribution in [0.3, 0.4) is 0 Å². The number of hydrogen-bond acceptors (Lipinski definition) is 4. The van der Waals surface area contributed by atoms with Crippen molar-refractivity contribution in [2.45, 2.75) is 0 Å². The third-order valence-corrected chi connectivity index (χ3v) is 3.31. The van der Waals surface area contributed by atoms with E-state index in [0.717, 1.165) is 0 Å². The molecule has 0 saturated carbocycles. The van der Waals surface area contributed by atoms with Crippen molar-refractivity contribution in [1.82, 2.24) is 0 Å². The van der Waals surface area contributed by atoms with Gasteiger partial charge in [0.15, 0.2) is 0 Å². The van der Waals surface area contributed by atoms with Gasteiger partial charge in [0.05, 0.1) is 0 Å². The molecule has 0 amide bonds. The minimum Gasteiger partial charge on any atom is 0 e. The summed E-state index contributed by atoms with van der Waals surface area (Å²) >= 11 is -3.81. The zero-order valence-corrected chi connectivity index (χ0v) is 10.4. The fraction of sp³-hybridized carbons (Fsp3) is 0. The van der Waals surface area contributed by atoms with E-state index in [0.29, 0.717) is 0 Å². The van der Waals surface area contributed by atoms with Gasteiger partial charge in [-0.25, -0.2) is 0 Å². The zero-order valence-electron chi connectivity index (χ0n) is 5.09. The van der Waals surface area contributed by atoms with Crippen LogP contribution < -0.4 is 0 Å². The summed E-state index contributed by atoms with van der Waals surface area (Å²) in [5.41, 5.74) is 0. The van der Waals surface area contributed by atoms with Crippen molar-refractivity contribution in [3.05, 3.63) is 0 Å². The second-order valence-corrected chi connectivity index (χ2v) is 5.91. The van der Waals surface area contributed by atoms with E-state index in [9.17, 15) is 0 Å². The quantitative estimate of drug-likeness (QED) is 0.565. The molecule has 0 aliphatic heterocycles. The molecular weight excluding hydrogens is 340 g/mol. The van der Waals surface area contributed by atoms with Gasteiger partial charge in [0.25, 0.3) is 0 Å². The number of nitriles is 4. The molecule has 0 unspecified atom stereocenters. The second-order valence-electron chi connectivity index (χ2n) is 0.722. The van der Waals surface area contributed by atoms with E-state index in [1.807, 2.05) is 0 Å². The Kier molecular flexibility index (Phi) is 7.87. The van der Waals surface area contributed by atoms with Crippen LogP contribution >= 0.6 is 0 Å². The van der Waals surface area contributed by atoms with Gasteiger partial charge in [-0.1, -0.05) is 0 Å². The van der Waals surface area contributed by atoms with E-state index in [-0.39, 0.29) is 51.4 Å². The number of hydrogen-bond donors (Lipinski definition) is 0. The average molecular weight is 340 g/mol. The van der Waals surface area contributed by atoms with Gasteiger partial charge < -0.3 is 0 Å². The van der Waals surface area contributed by atoms with Crippen LogP contribution in [-0.4, -0.2) is 51.4 Å². The molecule has 0 spiro atoms. The van der Waals surface area contributed by atoms with Gasteiger partial charge in [0.2, 0.25) is 0 Å². The summed E-state index contributed by atoms with van der Waals surface area (Å²) in [6.07, 6.45) is 0. The predicted molar refractivity (Wildman–Crippen MR) is 28.2 cm³/mol. The van der Waals surface area contributed by atoms with Crippen LogP contribution in [-0.2, 0) is 17.1 Å². The molecule has 0 heterocycles. The van der Waals surface area contributed by atoms with E-state index >= 15 is 0 Å². The normalized spacial score (nSPS) is 8.40. The molecule has 0 rings (SSSR count). The summed E-state index contributed by atoms with van der Waals surface area (Å²) in [6, 6.07) is 0. The predicted octanol–water partition coefficient (Wildman–Crippen LogP) is -0.316. The average Bonchev–Trinajstić information content (AvgIpc) is 1.95. The summed E-state index contributed by atoms with van der Waals surface area (Å²) < 4.78 is 5.82. The molecule has 0 aromatic carbocycles. The van der Waals surface area contributed by atoms with Crippen LogP contribution in [0.2, 0.25) is 0 Å². The standard InChI is InChI=1S/4CN.Au.K/c4*1-2;;. The summed E-state index contributed by atoms with van der Waals surface area (Å²) in [7, 11) is 0. The molecule has 48 valence electrons. The fourth-order valence-corrected chi connectivity index (χ4v) is 0.740. The first-order chi connectivity index (χ1) is 4.24. The Bertz CT molecular complexity index is 210. The summed E-state index contributed by atoms with van der Waals surface area (Å²) in [5.74, 6) is 0. The molecule has 0 N–H and O–H groups in total. The van der Waals surface area contributed by atoms with E-state index in [2.05, 4.69) is 0 Å². The van der Waals surface area contributed by atoms with E-state index in [4.69, 9.17) is 21.0 Å². The van der Waals surface area contributed by atoms with E-state index in [1.165, 1.54) is 17.1 Å². The monoisotopic (exact) mass is 340 g/mol. The molecule has 0 aromatic heterocycles. The van der Waals surface area contributed by atoms with Crippen molar-refractivity contribution in [2.24, 2.45) is 0 Å². The molecule has 0 aromatic rings. The molecule has 0 saturated heterocycles. The van der Waals surface area contributed by atoms with Crippen LogP contribution in [0.15, 0.2) is 0 Å². The van der Waals surface area contributed by atoms with Crippen LogP contribution in [0, 0.1) is 38.2 Å². The van der Waals surface area contributed by atoms with E-state index in [1.54, 1.807) is 0 Å². The minimum atomic E-state index is -3.81. The Labute approximate surface area is 105 Å². The number of rotatable bonds is 0. The molecule has 6 heteroatoms. The molecule has 0 aliphatic carbocycles. The Morgan fingerprint density at radius 1 is 0.700 bits per heavy atom. The Hall–Kier alpha value is 0.337. The van der Waals surface area contributed by atoms with Crippen LogP contribution in [0.25, 0.3) is 0 Å². The molecule has 0 bridgehead atoms. The topological polar surface area (TPSA) is 95.2 Å². The van der Waals surface area contributed by atoms with Gasteiger partial charge in [0.1, 0.15) is 0 Å². The van der Waals surface area contributed by atoms with Crippen molar-refractivity contribution in [3.63, 3.8) is 0 Å². The minimum absolute atomic E-state index is 0. The van der Waals surface area contributed by atoms with Crippen molar-refractivity contribution in [1.29, 1.82) is 21.0 Å². The van der Waals surface area contributed by atoms with Gasteiger partial charge in [-0.2, -0.15) is 0 Å². The molecule has 4 nitrogen and oxygen atoms in total. The number of nitrogens with zero attached hydrogens (tertiary/aromatic N) is 4. The van der Waals surface area contributed by atoms with Crippen LogP contribution in [0.1, 0.15) is 0 Å². The Morgan fingerprint density at radius 2 is 0.900 bits per heavy atom. The first kappa shape index (κ1) is 13.0. The largest absolute Gasteiger partial charge is 0 e. The molecule has 0 aliphatic rings. The molecule has 0 fully saturated rings. The van der Waals surface area contributed by atoms with Crippen molar-refractivity contribution in [2.75, 3.05) is 0 Å². The maximum Gasteiger partial charge on any atom is 0 e. The SMILES string of the molecule is N#[C][Au]([C]#N)([C]#N)[C]#N.[K]. The summed E-state index contributed by atoms with van der Waals surface area (Å²) in [6.45, 7) is 0. The molecule has 0 atom stereocenters. The van der Waals surface area contributed by atoms with Crippen LogP contribution in [0.5, 0.6) is 0 Å². The van der Waals surface area contributed by atoms with Gasteiger partial charge >= 0.3 is 55.3 Å². The van der Waals surface area contributed by atoms with Gasteiger partial charge in [0, 0.05) is 51.4 Å². The van der Waals surface area contributed by atoms with Crippen molar-refractivity contribution in [3.8, 4) is 17.1 Å².